The Morgan fingerprint density at radius 2 is 1.91 bits per heavy atom. The van der Waals surface area contributed by atoms with E-state index in [0.29, 0.717) is 5.56 Å². The summed E-state index contributed by atoms with van der Waals surface area (Å²) in [6, 6.07) is 7.51. The van der Waals surface area contributed by atoms with E-state index in [9.17, 15) is 13.2 Å². The number of hydrogen-bond acceptors (Lipinski definition) is 3. The van der Waals surface area contributed by atoms with Crippen molar-refractivity contribution in [2.45, 2.75) is 13.1 Å². The Kier molecular flexibility index (Phi) is 3.40. The fraction of sp³-hybridized carbons (Fsp3) is 0.133. The second-order valence-electron chi connectivity index (χ2n) is 4.72. The number of pyridine rings is 2. The first-order valence-electron chi connectivity index (χ1n) is 6.46. The Balaban J connectivity index is 2.16. The SMILES string of the molecule is Cc1ccc(-n2nc(-c3cccnc3)cc2C(F)(F)F)cn1. The second kappa shape index (κ2) is 5.25. The number of nitrogens with zero attached hydrogens (tertiary/aromatic N) is 4. The van der Waals surface area contributed by atoms with Crippen molar-refractivity contribution >= 4 is 0 Å². The lowest BCUT2D eigenvalue weighted by molar-refractivity contribution is -0.142. The summed E-state index contributed by atoms with van der Waals surface area (Å²) in [6.45, 7) is 1.76. The number of rotatable bonds is 2. The van der Waals surface area contributed by atoms with Gasteiger partial charge in [0.2, 0.25) is 0 Å². The van der Waals surface area contributed by atoms with E-state index in [4.69, 9.17) is 0 Å². The molecule has 4 nitrogen and oxygen atoms in total. The quantitative estimate of drug-likeness (QED) is 0.725. The molecule has 0 aromatic carbocycles. The molecule has 0 aliphatic carbocycles. The minimum atomic E-state index is -4.52. The van der Waals surface area contributed by atoms with Crippen molar-refractivity contribution in [2.24, 2.45) is 0 Å². The normalized spacial score (nSPS) is 11.6. The van der Waals surface area contributed by atoms with Crippen LogP contribution < -0.4 is 0 Å². The average molecular weight is 304 g/mol. The van der Waals surface area contributed by atoms with Crippen LogP contribution in [0.15, 0.2) is 48.9 Å². The van der Waals surface area contributed by atoms with E-state index in [0.717, 1.165) is 16.4 Å². The molecule has 0 fully saturated rings. The Bertz CT molecular complexity index is 777. The molecule has 3 heterocycles. The van der Waals surface area contributed by atoms with Gasteiger partial charge in [0.05, 0.1) is 17.6 Å². The predicted molar refractivity (Wildman–Crippen MR) is 74.3 cm³/mol. The molecule has 3 aromatic rings. The summed E-state index contributed by atoms with van der Waals surface area (Å²) in [5.74, 6) is 0. The molecule has 112 valence electrons. The smallest absolute Gasteiger partial charge is 0.264 e. The highest BCUT2D eigenvalue weighted by atomic mass is 19.4. The molecule has 0 N–H and O–H groups in total. The molecular formula is C15H11F3N4. The van der Waals surface area contributed by atoms with Gasteiger partial charge >= 0.3 is 6.18 Å². The summed E-state index contributed by atoms with van der Waals surface area (Å²) >= 11 is 0. The fourth-order valence-corrected chi connectivity index (χ4v) is 2.02. The molecular weight excluding hydrogens is 293 g/mol. The van der Waals surface area contributed by atoms with E-state index in [1.807, 2.05) is 0 Å². The van der Waals surface area contributed by atoms with Crippen molar-refractivity contribution in [3.8, 4) is 16.9 Å². The Hall–Kier alpha value is -2.70. The van der Waals surface area contributed by atoms with Crippen molar-refractivity contribution < 1.29 is 13.2 Å². The number of aryl methyl sites for hydroxylation is 1. The van der Waals surface area contributed by atoms with Gasteiger partial charge in [-0.15, -0.1) is 0 Å². The number of aromatic nitrogens is 4. The molecule has 0 saturated heterocycles. The highest BCUT2D eigenvalue weighted by Crippen LogP contribution is 2.33. The lowest BCUT2D eigenvalue weighted by atomic mass is 10.2. The highest BCUT2D eigenvalue weighted by molar-refractivity contribution is 5.59. The zero-order valence-corrected chi connectivity index (χ0v) is 11.5. The van der Waals surface area contributed by atoms with Gasteiger partial charge in [0.15, 0.2) is 0 Å². The zero-order chi connectivity index (χ0) is 15.7. The van der Waals surface area contributed by atoms with E-state index in [-0.39, 0.29) is 11.4 Å². The minimum Gasteiger partial charge on any atom is -0.264 e. The largest absolute Gasteiger partial charge is 0.433 e. The lowest BCUT2D eigenvalue weighted by Gasteiger charge is -2.09. The summed E-state index contributed by atoms with van der Waals surface area (Å²) in [5, 5.41) is 4.06. The summed E-state index contributed by atoms with van der Waals surface area (Å²) in [4.78, 5) is 7.92. The molecule has 0 bridgehead atoms. The van der Waals surface area contributed by atoms with E-state index in [1.54, 1.807) is 37.4 Å². The van der Waals surface area contributed by atoms with Crippen LogP contribution in [0.3, 0.4) is 0 Å². The maximum absolute atomic E-state index is 13.2. The number of alkyl halides is 3. The molecule has 0 unspecified atom stereocenters. The van der Waals surface area contributed by atoms with Crippen LogP contribution in [0.2, 0.25) is 0 Å². The minimum absolute atomic E-state index is 0.209. The topological polar surface area (TPSA) is 43.6 Å². The molecule has 0 aliphatic rings. The van der Waals surface area contributed by atoms with Crippen LogP contribution in [-0.2, 0) is 6.18 Å². The van der Waals surface area contributed by atoms with Gasteiger partial charge in [-0.25, -0.2) is 4.68 Å². The van der Waals surface area contributed by atoms with Crippen molar-refractivity contribution in [1.82, 2.24) is 19.7 Å². The fourth-order valence-electron chi connectivity index (χ4n) is 2.02. The number of hydrogen-bond donors (Lipinski definition) is 0. The van der Waals surface area contributed by atoms with Gasteiger partial charge in [-0.3, -0.25) is 9.97 Å². The van der Waals surface area contributed by atoms with Gasteiger partial charge < -0.3 is 0 Å². The predicted octanol–water partition coefficient (Wildman–Crippen LogP) is 3.66. The molecule has 0 aliphatic heterocycles. The zero-order valence-electron chi connectivity index (χ0n) is 11.5. The summed E-state index contributed by atoms with van der Waals surface area (Å²) in [6.07, 6.45) is -0.127. The maximum Gasteiger partial charge on any atom is 0.433 e. The van der Waals surface area contributed by atoms with Crippen LogP contribution in [0.1, 0.15) is 11.4 Å². The molecule has 0 saturated carbocycles. The first kappa shape index (κ1) is 14.2. The summed E-state index contributed by atoms with van der Waals surface area (Å²) < 4.78 is 40.6. The second-order valence-corrected chi connectivity index (χ2v) is 4.72. The number of halogens is 3. The van der Waals surface area contributed by atoms with Crippen molar-refractivity contribution in [3.05, 3.63) is 60.3 Å². The van der Waals surface area contributed by atoms with E-state index in [2.05, 4.69) is 15.1 Å². The van der Waals surface area contributed by atoms with E-state index < -0.39 is 11.9 Å². The van der Waals surface area contributed by atoms with Crippen LogP contribution >= 0.6 is 0 Å². The molecule has 3 aromatic heterocycles. The first-order valence-corrected chi connectivity index (χ1v) is 6.46. The van der Waals surface area contributed by atoms with Gasteiger partial charge in [0.1, 0.15) is 5.69 Å². The monoisotopic (exact) mass is 304 g/mol. The Morgan fingerprint density at radius 3 is 2.50 bits per heavy atom. The van der Waals surface area contributed by atoms with Gasteiger partial charge in [-0.2, -0.15) is 18.3 Å². The van der Waals surface area contributed by atoms with Crippen LogP contribution in [0, 0.1) is 6.92 Å². The molecule has 22 heavy (non-hydrogen) atoms. The third-order valence-corrected chi connectivity index (χ3v) is 3.10. The van der Waals surface area contributed by atoms with Crippen molar-refractivity contribution in [3.63, 3.8) is 0 Å². The van der Waals surface area contributed by atoms with Crippen LogP contribution in [0.5, 0.6) is 0 Å². The lowest BCUT2D eigenvalue weighted by Crippen LogP contribution is -2.13. The molecule has 0 radical (unpaired) electrons. The van der Waals surface area contributed by atoms with Gasteiger partial charge in [0, 0.05) is 23.7 Å². The van der Waals surface area contributed by atoms with E-state index >= 15 is 0 Å². The summed E-state index contributed by atoms with van der Waals surface area (Å²) in [7, 11) is 0. The van der Waals surface area contributed by atoms with Crippen LogP contribution in [-0.4, -0.2) is 19.7 Å². The van der Waals surface area contributed by atoms with Gasteiger partial charge in [0.25, 0.3) is 0 Å². The molecule has 3 rings (SSSR count). The molecule has 0 spiro atoms. The van der Waals surface area contributed by atoms with Crippen molar-refractivity contribution in [2.75, 3.05) is 0 Å². The van der Waals surface area contributed by atoms with Gasteiger partial charge in [-0.05, 0) is 37.3 Å². The third kappa shape index (κ3) is 2.69. The standard InChI is InChI=1S/C15H11F3N4/c1-10-4-5-12(9-20-10)22-14(15(16,17)18)7-13(21-22)11-3-2-6-19-8-11/h2-9H,1H3. The summed E-state index contributed by atoms with van der Waals surface area (Å²) in [5.41, 5.74) is 0.856. The van der Waals surface area contributed by atoms with Crippen molar-refractivity contribution in [1.29, 1.82) is 0 Å². The molecule has 7 heteroatoms. The maximum atomic E-state index is 13.2. The van der Waals surface area contributed by atoms with E-state index in [1.165, 1.54) is 12.4 Å². The third-order valence-electron chi connectivity index (χ3n) is 3.10. The highest BCUT2D eigenvalue weighted by Gasteiger charge is 2.36. The average Bonchev–Trinajstić information content (AvgIpc) is 2.94. The Labute approximate surface area is 124 Å². The van der Waals surface area contributed by atoms with Crippen LogP contribution in [0.25, 0.3) is 16.9 Å². The first-order chi connectivity index (χ1) is 10.4. The molecule has 0 amide bonds. The van der Waals surface area contributed by atoms with Gasteiger partial charge in [-0.1, -0.05) is 0 Å². The van der Waals surface area contributed by atoms with Crippen LogP contribution in [0.4, 0.5) is 13.2 Å². The Morgan fingerprint density at radius 1 is 1.09 bits per heavy atom. The molecule has 0 atom stereocenters.